The van der Waals surface area contributed by atoms with Crippen molar-refractivity contribution in [2.75, 3.05) is 53.5 Å². The fourth-order valence-corrected chi connectivity index (χ4v) is 5.98. The van der Waals surface area contributed by atoms with Gasteiger partial charge in [-0.05, 0) is 86.9 Å². The van der Waals surface area contributed by atoms with Crippen molar-refractivity contribution in [3.63, 3.8) is 0 Å². The Morgan fingerprint density at radius 1 is 0.918 bits per heavy atom. The van der Waals surface area contributed by atoms with Gasteiger partial charge in [0, 0.05) is 25.6 Å². The molecule has 0 amide bonds. The molecule has 1 atom stereocenters. The second-order valence-corrected chi connectivity index (χ2v) is 13.2. The Bertz CT molecular complexity index is 1510. The molecule has 0 spiro atoms. The van der Waals surface area contributed by atoms with E-state index in [9.17, 15) is 31.4 Å². The Labute approximate surface area is 292 Å². The molecule has 49 heavy (non-hydrogen) atoms. The Hall–Kier alpha value is -2.87. The summed E-state index contributed by atoms with van der Waals surface area (Å²) in [6, 6.07) is 16.0. The summed E-state index contributed by atoms with van der Waals surface area (Å²) >= 11 is 12.6. The van der Waals surface area contributed by atoms with Crippen LogP contribution in [0.15, 0.2) is 71.9 Å². The van der Waals surface area contributed by atoms with E-state index in [1.165, 1.54) is 0 Å². The number of hydrogen-bond acceptors (Lipinski definition) is 6. The fraction of sp³-hybridized carbons (Fsp3) is 0.457. The smallest absolute Gasteiger partial charge is 0.394 e. The number of rotatable bonds is 14. The Morgan fingerprint density at radius 2 is 1.55 bits per heavy atom. The minimum atomic E-state index is -4.98. The van der Waals surface area contributed by atoms with Gasteiger partial charge in [-0.3, -0.25) is 0 Å². The Kier molecular flexibility index (Phi) is 13.4. The molecule has 1 unspecified atom stereocenters. The average molecular weight is 735 g/mol. The first-order valence-electron chi connectivity index (χ1n) is 15.7. The van der Waals surface area contributed by atoms with Gasteiger partial charge in [0.1, 0.15) is 6.61 Å². The van der Waals surface area contributed by atoms with E-state index in [0.29, 0.717) is 73.3 Å². The van der Waals surface area contributed by atoms with Crippen LogP contribution in [0.1, 0.15) is 53.0 Å². The number of piperidine rings is 1. The number of likely N-dealkylation sites (tertiary alicyclic amines) is 1. The molecule has 1 aliphatic heterocycles. The lowest BCUT2D eigenvalue weighted by Gasteiger charge is -2.39. The van der Waals surface area contributed by atoms with Crippen molar-refractivity contribution in [3.8, 4) is 0 Å². The van der Waals surface area contributed by atoms with Crippen LogP contribution in [0.5, 0.6) is 0 Å². The molecule has 1 N–H and O–H groups in total. The van der Waals surface area contributed by atoms with Crippen molar-refractivity contribution < 1.29 is 41.0 Å². The van der Waals surface area contributed by atoms with Gasteiger partial charge in [0.2, 0.25) is 0 Å². The SMILES string of the molecule is CN(C)CCO/N=C(\COCc1cc(C(F)(F)F)cc(C(F)(F)F)c1)C(CCN1CCC(O)(c2ccccc2)CC1)c1ccc(Cl)c(Cl)c1. The van der Waals surface area contributed by atoms with Crippen LogP contribution in [0.25, 0.3) is 0 Å². The number of ether oxygens (including phenoxy) is 1. The maximum absolute atomic E-state index is 13.5. The van der Waals surface area contributed by atoms with Gasteiger partial charge in [0.15, 0.2) is 0 Å². The normalized spacial score (nSPS) is 16.6. The molecule has 14 heteroatoms. The van der Waals surface area contributed by atoms with E-state index in [-0.39, 0.29) is 24.8 Å². The monoisotopic (exact) mass is 733 g/mol. The van der Waals surface area contributed by atoms with Crippen LogP contribution in [0, 0.1) is 0 Å². The lowest BCUT2D eigenvalue weighted by molar-refractivity contribution is -0.143. The van der Waals surface area contributed by atoms with E-state index in [1.807, 2.05) is 49.3 Å². The van der Waals surface area contributed by atoms with Crippen LogP contribution in [0.4, 0.5) is 26.3 Å². The molecule has 3 aromatic carbocycles. The first-order chi connectivity index (χ1) is 23.0. The maximum atomic E-state index is 13.5. The molecular weight excluding hydrogens is 695 g/mol. The highest BCUT2D eigenvalue weighted by molar-refractivity contribution is 6.42. The second-order valence-electron chi connectivity index (χ2n) is 12.4. The third-order valence-corrected chi connectivity index (χ3v) is 9.19. The largest absolute Gasteiger partial charge is 0.416 e. The number of aliphatic hydroxyl groups is 1. The summed E-state index contributed by atoms with van der Waals surface area (Å²) in [6.45, 7) is 1.79. The molecule has 0 radical (unpaired) electrons. The molecule has 0 saturated carbocycles. The minimum Gasteiger partial charge on any atom is -0.394 e. The number of nitrogens with zero attached hydrogens (tertiary/aromatic N) is 3. The predicted molar refractivity (Wildman–Crippen MR) is 178 cm³/mol. The standard InChI is InChI=1S/C35H39Cl2F6N3O3/c1-45(2)16-17-49-44-32(23-48-22-24-18-27(34(38,39)40)21-28(19-24)35(41,42)43)29(25-8-9-30(36)31(37)20-25)10-13-46-14-11-33(47,12-15-46)26-6-4-3-5-7-26/h3-9,18-21,29,47H,10-17,22-23H2,1-2H3/b44-32+. The Balaban J connectivity index is 1.56. The number of oxime groups is 1. The van der Waals surface area contributed by atoms with Crippen molar-refractivity contribution in [2.24, 2.45) is 5.16 Å². The van der Waals surface area contributed by atoms with E-state index in [0.717, 1.165) is 11.1 Å². The van der Waals surface area contributed by atoms with Gasteiger partial charge in [-0.15, -0.1) is 0 Å². The topological polar surface area (TPSA) is 57.5 Å². The lowest BCUT2D eigenvalue weighted by Crippen LogP contribution is -2.43. The molecule has 6 nitrogen and oxygen atoms in total. The van der Waals surface area contributed by atoms with E-state index >= 15 is 0 Å². The van der Waals surface area contributed by atoms with Crippen molar-refractivity contribution in [1.82, 2.24) is 9.80 Å². The van der Waals surface area contributed by atoms with Crippen LogP contribution in [-0.2, 0) is 34.1 Å². The average Bonchev–Trinajstić information content (AvgIpc) is 3.04. The lowest BCUT2D eigenvalue weighted by atomic mass is 9.84. The predicted octanol–water partition coefficient (Wildman–Crippen LogP) is 8.64. The fourth-order valence-electron chi connectivity index (χ4n) is 5.67. The molecule has 0 aromatic heterocycles. The Morgan fingerprint density at radius 3 is 2.12 bits per heavy atom. The summed E-state index contributed by atoms with van der Waals surface area (Å²) in [4.78, 5) is 9.73. The molecule has 1 aliphatic rings. The van der Waals surface area contributed by atoms with Crippen molar-refractivity contribution >= 4 is 28.9 Å². The summed E-state index contributed by atoms with van der Waals surface area (Å²) in [5.41, 5.74) is -2.10. The second kappa shape index (κ2) is 16.9. The van der Waals surface area contributed by atoms with Crippen molar-refractivity contribution in [1.29, 1.82) is 0 Å². The van der Waals surface area contributed by atoms with Gasteiger partial charge in [-0.1, -0.05) is 64.8 Å². The third-order valence-electron chi connectivity index (χ3n) is 8.45. The number of benzene rings is 3. The zero-order valence-electron chi connectivity index (χ0n) is 27.1. The number of likely N-dealkylation sites (N-methyl/N-ethyl adjacent to an activating group) is 1. The summed E-state index contributed by atoms with van der Waals surface area (Å²) in [6.07, 6.45) is -8.41. The summed E-state index contributed by atoms with van der Waals surface area (Å²) in [7, 11) is 3.72. The quantitative estimate of drug-likeness (QED) is 0.0779. The maximum Gasteiger partial charge on any atom is 0.416 e. The van der Waals surface area contributed by atoms with Crippen LogP contribution in [0.2, 0.25) is 10.0 Å². The van der Waals surface area contributed by atoms with Gasteiger partial charge in [-0.25, -0.2) is 0 Å². The summed E-state index contributed by atoms with van der Waals surface area (Å²) in [5, 5.41) is 16.3. The highest BCUT2D eigenvalue weighted by atomic mass is 35.5. The van der Waals surface area contributed by atoms with Crippen LogP contribution >= 0.6 is 23.2 Å². The first-order valence-corrected chi connectivity index (χ1v) is 16.5. The number of hydrogen-bond donors (Lipinski definition) is 1. The number of halogens is 8. The van der Waals surface area contributed by atoms with Crippen LogP contribution in [-0.4, -0.2) is 74.1 Å². The van der Waals surface area contributed by atoms with Gasteiger partial charge in [0.25, 0.3) is 0 Å². The van der Waals surface area contributed by atoms with Gasteiger partial charge in [-0.2, -0.15) is 26.3 Å². The zero-order chi connectivity index (χ0) is 35.8. The van der Waals surface area contributed by atoms with Crippen molar-refractivity contribution in [3.05, 3.63) is 105 Å². The zero-order valence-corrected chi connectivity index (χ0v) is 28.6. The third kappa shape index (κ3) is 11.3. The first kappa shape index (κ1) is 38.9. The minimum absolute atomic E-state index is 0.0799. The molecule has 268 valence electrons. The van der Waals surface area contributed by atoms with E-state index < -0.39 is 41.6 Å². The molecule has 1 saturated heterocycles. The molecule has 4 rings (SSSR count). The van der Waals surface area contributed by atoms with Gasteiger partial charge in [0.05, 0.1) is 45.7 Å². The molecule has 3 aromatic rings. The molecule has 0 bridgehead atoms. The van der Waals surface area contributed by atoms with Gasteiger partial charge >= 0.3 is 12.4 Å². The van der Waals surface area contributed by atoms with E-state index in [1.54, 1.807) is 18.2 Å². The van der Waals surface area contributed by atoms with E-state index in [2.05, 4.69) is 10.1 Å². The van der Waals surface area contributed by atoms with Crippen LogP contribution < -0.4 is 0 Å². The molecular formula is C35H39Cl2F6N3O3. The summed E-state index contributed by atoms with van der Waals surface area (Å²) < 4.78 is 86.5. The van der Waals surface area contributed by atoms with Crippen LogP contribution in [0.3, 0.4) is 0 Å². The van der Waals surface area contributed by atoms with E-state index in [4.69, 9.17) is 32.8 Å². The molecule has 1 fully saturated rings. The highest BCUT2D eigenvalue weighted by Gasteiger charge is 2.37. The molecule has 1 heterocycles. The highest BCUT2D eigenvalue weighted by Crippen LogP contribution is 2.37. The summed E-state index contributed by atoms with van der Waals surface area (Å²) in [5.74, 6) is -0.462. The van der Waals surface area contributed by atoms with Gasteiger partial charge < -0.3 is 24.5 Å². The van der Waals surface area contributed by atoms with Crippen molar-refractivity contribution in [2.45, 2.75) is 49.7 Å². The molecule has 0 aliphatic carbocycles. The number of alkyl halides is 6.